The van der Waals surface area contributed by atoms with Crippen molar-refractivity contribution >= 4 is 44.7 Å². The van der Waals surface area contributed by atoms with Gasteiger partial charge in [0.2, 0.25) is 11.8 Å². The molecule has 9 heteroatoms. The number of fused-ring (bicyclic) bond motifs is 1. The summed E-state index contributed by atoms with van der Waals surface area (Å²) in [7, 11) is 0. The van der Waals surface area contributed by atoms with Crippen LogP contribution in [0, 0.1) is 11.2 Å². The van der Waals surface area contributed by atoms with Gasteiger partial charge in [-0.25, -0.2) is 9.37 Å². The fourth-order valence-electron chi connectivity index (χ4n) is 4.33. The zero-order valence-electron chi connectivity index (χ0n) is 19.6. The van der Waals surface area contributed by atoms with Crippen LogP contribution in [0.4, 0.5) is 15.8 Å². The Morgan fingerprint density at radius 1 is 0.973 bits per heavy atom. The standard InChI is InChI=1S/C28H22FN5O2S/c29-21-13-20(34-27(36)28(9-10-28)26(35)33-19-4-2-1-3-5-19)7-6-17(21)12-18-8-11-31-22-14-24(37-25(18)22)23-15-30-16-32-23/h1-8,11,13-16H,9-10,12H2,(H,30,32)(H,33,35)(H,34,36). The summed E-state index contributed by atoms with van der Waals surface area (Å²) in [5.74, 6) is -1.19. The molecule has 1 aliphatic rings. The van der Waals surface area contributed by atoms with Crippen molar-refractivity contribution in [1.82, 2.24) is 15.0 Å². The van der Waals surface area contributed by atoms with Crippen LogP contribution in [-0.4, -0.2) is 26.8 Å². The molecule has 2 amide bonds. The maximum absolute atomic E-state index is 15.1. The molecule has 3 N–H and O–H groups in total. The molecule has 5 aromatic rings. The lowest BCUT2D eigenvalue weighted by atomic mass is 10.0. The van der Waals surface area contributed by atoms with Gasteiger partial charge in [0, 0.05) is 24.0 Å². The van der Waals surface area contributed by atoms with Gasteiger partial charge in [0.15, 0.2) is 0 Å². The van der Waals surface area contributed by atoms with Crippen molar-refractivity contribution in [3.8, 4) is 10.6 Å². The molecule has 7 nitrogen and oxygen atoms in total. The Morgan fingerprint density at radius 2 is 1.76 bits per heavy atom. The first-order valence-corrected chi connectivity index (χ1v) is 12.7. The SMILES string of the molecule is O=C(Nc1ccccc1)C1(C(=O)Nc2ccc(Cc3ccnc4cc(-c5cnc[nH]5)sc34)c(F)c2)CC1. The number of para-hydroxylation sites is 1. The topological polar surface area (TPSA) is 99.8 Å². The molecular formula is C28H22FN5O2S. The number of hydrogen-bond donors (Lipinski definition) is 3. The lowest BCUT2D eigenvalue weighted by molar-refractivity contribution is -0.131. The summed E-state index contributed by atoms with van der Waals surface area (Å²) in [6, 6.07) is 17.6. The quantitative estimate of drug-likeness (QED) is 0.241. The molecule has 2 aromatic carbocycles. The average Bonchev–Trinajstić information content (AvgIpc) is 3.31. The van der Waals surface area contributed by atoms with Gasteiger partial charge in [-0.3, -0.25) is 14.6 Å². The van der Waals surface area contributed by atoms with E-state index in [2.05, 4.69) is 25.6 Å². The number of hydrogen-bond acceptors (Lipinski definition) is 5. The number of nitrogens with zero attached hydrogens (tertiary/aromatic N) is 2. The Kier molecular flexibility index (Phi) is 5.77. The molecule has 37 heavy (non-hydrogen) atoms. The predicted molar refractivity (Wildman–Crippen MR) is 142 cm³/mol. The van der Waals surface area contributed by atoms with Gasteiger partial charge in [0.25, 0.3) is 0 Å². The van der Waals surface area contributed by atoms with Crippen LogP contribution in [0.5, 0.6) is 0 Å². The monoisotopic (exact) mass is 511 g/mol. The molecule has 0 atom stereocenters. The Balaban J connectivity index is 1.17. The molecule has 1 fully saturated rings. The van der Waals surface area contributed by atoms with E-state index >= 15 is 4.39 Å². The number of aromatic amines is 1. The van der Waals surface area contributed by atoms with Gasteiger partial charge < -0.3 is 15.6 Å². The first-order chi connectivity index (χ1) is 18.0. The molecule has 1 saturated carbocycles. The molecule has 0 radical (unpaired) electrons. The number of H-pyrrole nitrogens is 1. The van der Waals surface area contributed by atoms with Crippen molar-refractivity contribution in [3.05, 3.63) is 96.3 Å². The van der Waals surface area contributed by atoms with Crippen molar-refractivity contribution in [2.75, 3.05) is 10.6 Å². The van der Waals surface area contributed by atoms with E-state index in [0.717, 1.165) is 26.4 Å². The lowest BCUT2D eigenvalue weighted by Crippen LogP contribution is -2.35. The van der Waals surface area contributed by atoms with Gasteiger partial charge >= 0.3 is 0 Å². The number of pyridine rings is 1. The van der Waals surface area contributed by atoms with Crippen LogP contribution in [0.25, 0.3) is 20.8 Å². The van der Waals surface area contributed by atoms with Crippen LogP contribution >= 0.6 is 11.3 Å². The second kappa shape index (κ2) is 9.25. The second-order valence-electron chi connectivity index (χ2n) is 9.10. The number of amides is 2. The van der Waals surface area contributed by atoms with Crippen LogP contribution in [0.3, 0.4) is 0 Å². The minimum Gasteiger partial charge on any atom is -0.344 e. The van der Waals surface area contributed by atoms with Gasteiger partial charge in [0.1, 0.15) is 11.2 Å². The van der Waals surface area contributed by atoms with Crippen LogP contribution in [0.1, 0.15) is 24.0 Å². The highest BCUT2D eigenvalue weighted by Gasteiger charge is 2.56. The van der Waals surface area contributed by atoms with Gasteiger partial charge in [0.05, 0.1) is 33.3 Å². The first-order valence-electron chi connectivity index (χ1n) is 11.8. The molecule has 6 rings (SSSR count). The molecule has 0 saturated heterocycles. The van der Waals surface area contributed by atoms with Gasteiger partial charge in [-0.15, -0.1) is 11.3 Å². The molecule has 0 bridgehead atoms. The summed E-state index contributed by atoms with van der Waals surface area (Å²) in [5.41, 5.74) is 3.05. The van der Waals surface area contributed by atoms with E-state index in [0.29, 0.717) is 36.2 Å². The Labute approximate surface area is 215 Å². The maximum atomic E-state index is 15.1. The van der Waals surface area contributed by atoms with E-state index in [9.17, 15) is 9.59 Å². The number of anilines is 2. The van der Waals surface area contributed by atoms with Crippen molar-refractivity contribution < 1.29 is 14.0 Å². The number of aromatic nitrogens is 3. The van der Waals surface area contributed by atoms with E-state index in [1.807, 2.05) is 30.3 Å². The number of rotatable bonds is 7. The number of nitrogens with one attached hydrogen (secondary N) is 3. The van der Waals surface area contributed by atoms with E-state index in [1.165, 1.54) is 6.07 Å². The summed E-state index contributed by atoms with van der Waals surface area (Å²) in [6.45, 7) is 0. The highest BCUT2D eigenvalue weighted by atomic mass is 32.1. The van der Waals surface area contributed by atoms with E-state index < -0.39 is 17.1 Å². The van der Waals surface area contributed by atoms with Crippen LogP contribution < -0.4 is 10.6 Å². The van der Waals surface area contributed by atoms with Crippen LogP contribution in [0.2, 0.25) is 0 Å². The number of imidazole rings is 1. The van der Waals surface area contributed by atoms with Crippen LogP contribution in [0.15, 0.2) is 79.4 Å². The predicted octanol–water partition coefficient (Wildman–Crippen LogP) is 5.77. The van der Waals surface area contributed by atoms with Gasteiger partial charge in [-0.1, -0.05) is 24.3 Å². The molecular weight excluding hydrogens is 489 g/mol. The number of halogens is 1. The Bertz CT molecular complexity index is 1610. The Morgan fingerprint density at radius 3 is 2.46 bits per heavy atom. The summed E-state index contributed by atoms with van der Waals surface area (Å²) in [5, 5.41) is 5.54. The zero-order chi connectivity index (χ0) is 25.4. The molecule has 184 valence electrons. The van der Waals surface area contributed by atoms with Crippen molar-refractivity contribution in [2.45, 2.75) is 19.3 Å². The lowest BCUT2D eigenvalue weighted by Gasteiger charge is -2.16. The third kappa shape index (κ3) is 4.49. The van der Waals surface area contributed by atoms with E-state index in [4.69, 9.17) is 0 Å². The molecule has 0 aliphatic heterocycles. The minimum atomic E-state index is -1.13. The molecule has 3 aromatic heterocycles. The smallest absolute Gasteiger partial charge is 0.240 e. The second-order valence-corrected chi connectivity index (χ2v) is 10.2. The fraction of sp³-hybridized carbons (Fsp3) is 0.143. The highest BCUT2D eigenvalue weighted by Crippen LogP contribution is 2.47. The summed E-state index contributed by atoms with van der Waals surface area (Å²) >= 11 is 1.58. The normalized spacial score (nSPS) is 13.9. The number of carbonyl (C=O) groups is 2. The van der Waals surface area contributed by atoms with Crippen molar-refractivity contribution in [2.24, 2.45) is 5.41 Å². The zero-order valence-corrected chi connectivity index (χ0v) is 20.4. The number of benzene rings is 2. The fourth-order valence-corrected chi connectivity index (χ4v) is 5.43. The minimum absolute atomic E-state index is 0.322. The summed E-state index contributed by atoms with van der Waals surface area (Å²) < 4.78 is 16.1. The molecule has 3 heterocycles. The largest absolute Gasteiger partial charge is 0.344 e. The molecule has 1 aliphatic carbocycles. The molecule has 0 unspecified atom stereocenters. The Hall–Kier alpha value is -4.37. The summed E-state index contributed by atoms with van der Waals surface area (Å²) in [4.78, 5) is 38.4. The van der Waals surface area contributed by atoms with Crippen LogP contribution in [-0.2, 0) is 16.0 Å². The van der Waals surface area contributed by atoms with Crippen molar-refractivity contribution in [3.63, 3.8) is 0 Å². The summed E-state index contributed by atoms with van der Waals surface area (Å²) in [6.07, 6.45) is 6.40. The maximum Gasteiger partial charge on any atom is 0.240 e. The first kappa shape index (κ1) is 23.1. The average molecular weight is 512 g/mol. The van der Waals surface area contributed by atoms with Gasteiger partial charge in [-0.05, 0) is 60.4 Å². The third-order valence-electron chi connectivity index (χ3n) is 6.60. The van der Waals surface area contributed by atoms with Crippen molar-refractivity contribution in [1.29, 1.82) is 0 Å². The van der Waals surface area contributed by atoms with E-state index in [1.54, 1.807) is 54.3 Å². The van der Waals surface area contributed by atoms with E-state index in [-0.39, 0.29) is 5.91 Å². The van der Waals surface area contributed by atoms with Gasteiger partial charge in [-0.2, -0.15) is 0 Å². The molecule has 0 spiro atoms. The number of carbonyl (C=O) groups excluding carboxylic acids is 2. The third-order valence-corrected chi connectivity index (χ3v) is 7.83. The number of thiophene rings is 1. The highest BCUT2D eigenvalue weighted by molar-refractivity contribution is 7.22.